The van der Waals surface area contributed by atoms with Crippen molar-refractivity contribution in [2.45, 2.75) is 69.5 Å². The highest BCUT2D eigenvalue weighted by Crippen LogP contribution is 2.55. The molecular formula is C15H20F6O3. The van der Waals surface area contributed by atoms with E-state index >= 15 is 0 Å². The van der Waals surface area contributed by atoms with Crippen molar-refractivity contribution < 1.29 is 41.0 Å². The lowest BCUT2D eigenvalue weighted by molar-refractivity contribution is -0.388. The summed E-state index contributed by atoms with van der Waals surface area (Å²) in [6.45, 7) is 1.61. The zero-order valence-electron chi connectivity index (χ0n) is 13.1. The van der Waals surface area contributed by atoms with Crippen LogP contribution in [-0.4, -0.2) is 35.1 Å². The SMILES string of the molecule is CCC(=O)OC1CCC2CC(C(O)(C(F)(F)F)C(F)(F)F)CCC21. The normalized spacial score (nSPS) is 31.7. The first-order valence-electron chi connectivity index (χ1n) is 7.97. The number of rotatable bonds is 3. The van der Waals surface area contributed by atoms with Gasteiger partial charge in [-0.3, -0.25) is 4.79 Å². The van der Waals surface area contributed by atoms with E-state index in [1.54, 1.807) is 6.92 Å². The average Bonchev–Trinajstić information content (AvgIpc) is 2.86. The molecule has 2 aliphatic rings. The van der Waals surface area contributed by atoms with Gasteiger partial charge in [-0.1, -0.05) is 6.92 Å². The molecule has 4 atom stereocenters. The van der Waals surface area contributed by atoms with E-state index in [0.717, 1.165) is 0 Å². The first kappa shape index (κ1) is 19.3. The Balaban J connectivity index is 2.14. The summed E-state index contributed by atoms with van der Waals surface area (Å²) >= 11 is 0. The van der Waals surface area contributed by atoms with Crippen molar-refractivity contribution in [2.75, 3.05) is 0 Å². The van der Waals surface area contributed by atoms with Crippen LogP contribution in [0.3, 0.4) is 0 Å². The Morgan fingerprint density at radius 1 is 1.04 bits per heavy atom. The summed E-state index contributed by atoms with van der Waals surface area (Å²) in [6, 6.07) is 0. The second-order valence-corrected chi connectivity index (χ2v) is 6.66. The van der Waals surface area contributed by atoms with Gasteiger partial charge < -0.3 is 9.84 Å². The van der Waals surface area contributed by atoms with E-state index in [1.165, 1.54) is 0 Å². The van der Waals surface area contributed by atoms with Crippen LogP contribution in [0, 0.1) is 17.8 Å². The molecule has 2 fully saturated rings. The van der Waals surface area contributed by atoms with Gasteiger partial charge in [-0.15, -0.1) is 0 Å². The second kappa shape index (κ2) is 6.38. The van der Waals surface area contributed by atoms with Gasteiger partial charge in [-0.25, -0.2) is 0 Å². The van der Waals surface area contributed by atoms with Gasteiger partial charge in [0.2, 0.25) is 0 Å². The van der Waals surface area contributed by atoms with E-state index in [0.29, 0.717) is 12.8 Å². The quantitative estimate of drug-likeness (QED) is 0.610. The summed E-state index contributed by atoms with van der Waals surface area (Å²) in [5, 5.41) is 9.54. The molecule has 2 saturated carbocycles. The number of ether oxygens (including phenoxy) is 1. The molecule has 0 aromatic rings. The smallest absolute Gasteiger partial charge is 0.426 e. The van der Waals surface area contributed by atoms with Gasteiger partial charge in [-0.05, 0) is 43.9 Å². The van der Waals surface area contributed by atoms with Crippen molar-refractivity contribution in [2.24, 2.45) is 17.8 Å². The molecule has 0 aliphatic heterocycles. The van der Waals surface area contributed by atoms with Crippen molar-refractivity contribution in [1.29, 1.82) is 0 Å². The van der Waals surface area contributed by atoms with E-state index in [9.17, 15) is 36.2 Å². The Kier molecular flexibility index (Phi) is 5.14. The molecule has 0 heterocycles. The summed E-state index contributed by atoms with van der Waals surface area (Å²) in [7, 11) is 0. The summed E-state index contributed by atoms with van der Waals surface area (Å²) in [6.07, 6.45) is -11.7. The monoisotopic (exact) mass is 362 g/mol. The summed E-state index contributed by atoms with van der Waals surface area (Å²) in [5.41, 5.74) is -4.69. The number of hydrogen-bond donors (Lipinski definition) is 1. The Labute approximate surface area is 135 Å². The van der Waals surface area contributed by atoms with Gasteiger partial charge in [0, 0.05) is 12.3 Å². The van der Waals surface area contributed by atoms with Crippen molar-refractivity contribution in [3.8, 4) is 0 Å². The van der Waals surface area contributed by atoms with Crippen LogP contribution in [0.5, 0.6) is 0 Å². The fourth-order valence-electron chi connectivity index (χ4n) is 4.10. The zero-order chi connectivity index (χ0) is 18.3. The first-order chi connectivity index (χ1) is 10.9. The number of halogens is 6. The van der Waals surface area contributed by atoms with Gasteiger partial charge in [0.15, 0.2) is 0 Å². The third-order valence-electron chi connectivity index (χ3n) is 5.37. The van der Waals surface area contributed by atoms with Crippen molar-refractivity contribution in [1.82, 2.24) is 0 Å². The second-order valence-electron chi connectivity index (χ2n) is 6.66. The lowest BCUT2D eigenvalue weighted by Crippen LogP contribution is -2.62. The van der Waals surface area contributed by atoms with Crippen LogP contribution in [0.25, 0.3) is 0 Å². The number of fused-ring (bicyclic) bond motifs is 1. The lowest BCUT2D eigenvalue weighted by atomic mass is 9.68. The van der Waals surface area contributed by atoms with E-state index in [-0.39, 0.29) is 25.2 Å². The minimum Gasteiger partial charge on any atom is -0.462 e. The van der Waals surface area contributed by atoms with Gasteiger partial charge in [0.05, 0.1) is 0 Å². The van der Waals surface area contributed by atoms with Crippen LogP contribution in [0.1, 0.15) is 45.4 Å². The third kappa shape index (κ3) is 3.23. The van der Waals surface area contributed by atoms with Gasteiger partial charge in [-0.2, -0.15) is 26.3 Å². The number of carbonyl (C=O) groups excluding carboxylic acids is 1. The van der Waals surface area contributed by atoms with Crippen LogP contribution in [0.2, 0.25) is 0 Å². The molecule has 0 bridgehead atoms. The first-order valence-corrected chi connectivity index (χ1v) is 7.97. The minimum absolute atomic E-state index is 0.0749. The topological polar surface area (TPSA) is 46.5 Å². The molecule has 0 spiro atoms. The minimum atomic E-state index is -5.78. The Morgan fingerprint density at radius 2 is 1.62 bits per heavy atom. The van der Waals surface area contributed by atoms with Crippen LogP contribution in [0.4, 0.5) is 26.3 Å². The van der Waals surface area contributed by atoms with Gasteiger partial charge >= 0.3 is 18.3 Å². The maximum absolute atomic E-state index is 13.0. The number of esters is 1. The molecule has 0 aromatic carbocycles. The van der Waals surface area contributed by atoms with E-state index in [4.69, 9.17) is 4.74 Å². The highest BCUT2D eigenvalue weighted by molar-refractivity contribution is 5.69. The summed E-state index contributed by atoms with van der Waals surface area (Å²) in [4.78, 5) is 11.4. The van der Waals surface area contributed by atoms with E-state index < -0.39 is 48.3 Å². The Hall–Kier alpha value is -0.990. The molecule has 0 radical (unpaired) electrons. The molecule has 140 valence electrons. The Bertz CT molecular complexity index is 459. The molecule has 9 heteroatoms. The molecule has 1 N–H and O–H groups in total. The maximum atomic E-state index is 13.0. The number of hydrogen-bond acceptors (Lipinski definition) is 3. The number of aliphatic hydroxyl groups is 1. The fraction of sp³-hybridized carbons (Fsp3) is 0.933. The van der Waals surface area contributed by atoms with Crippen LogP contribution >= 0.6 is 0 Å². The number of alkyl halides is 6. The van der Waals surface area contributed by atoms with E-state index in [1.807, 2.05) is 0 Å². The van der Waals surface area contributed by atoms with Crippen LogP contribution < -0.4 is 0 Å². The highest BCUT2D eigenvalue weighted by Gasteiger charge is 2.74. The fourth-order valence-corrected chi connectivity index (χ4v) is 4.10. The van der Waals surface area contributed by atoms with Gasteiger partial charge in [0.1, 0.15) is 6.10 Å². The molecular weight excluding hydrogens is 342 g/mol. The van der Waals surface area contributed by atoms with Gasteiger partial charge in [0.25, 0.3) is 5.60 Å². The molecule has 2 rings (SSSR count). The average molecular weight is 362 g/mol. The molecule has 2 aliphatic carbocycles. The van der Waals surface area contributed by atoms with Crippen LogP contribution in [0.15, 0.2) is 0 Å². The zero-order valence-corrected chi connectivity index (χ0v) is 13.1. The van der Waals surface area contributed by atoms with E-state index in [2.05, 4.69) is 0 Å². The van der Waals surface area contributed by atoms with Crippen molar-refractivity contribution in [3.05, 3.63) is 0 Å². The largest absolute Gasteiger partial charge is 0.462 e. The van der Waals surface area contributed by atoms with Crippen LogP contribution in [-0.2, 0) is 9.53 Å². The summed E-state index contributed by atoms with van der Waals surface area (Å²) in [5.74, 6) is -3.00. The maximum Gasteiger partial charge on any atom is 0.426 e. The molecule has 0 amide bonds. The Morgan fingerprint density at radius 3 is 2.12 bits per heavy atom. The van der Waals surface area contributed by atoms with Crippen molar-refractivity contribution >= 4 is 5.97 Å². The molecule has 24 heavy (non-hydrogen) atoms. The lowest BCUT2D eigenvalue weighted by Gasteiger charge is -2.43. The molecule has 3 nitrogen and oxygen atoms in total. The molecule has 0 saturated heterocycles. The highest BCUT2D eigenvalue weighted by atomic mass is 19.4. The predicted molar refractivity (Wildman–Crippen MR) is 70.8 cm³/mol. The molecule has 4 unspecified atom stereocenters. The standard InChI is InChI=1S/C15H20F6O3/c1-2-12(22)24-11-6-3-8-7-9(4-5-10(8)11)13(23,14(16,17)18)15(19,20)21/h8-11,23H,2-7H2,1H3. The predicted octanol–water partition coefficient (Wildman–Crippen LogP) is 3.99. The third-order valence-corrected chi connectivity index (χ3v) is 5.37. The number of carbonyl (C=O) groups is 1. The summed E-state index contributed by atoms with van der Waals surface area (Å²) < 4.78 is 83.1. The van der Waals surface area contributed by atoms with Crippen molar-refractivity contribution in [3.63, 3.8) is 0 Å². The molecule has 0 aromatic heterocycles.